The van der Waals surface area contributed by atoms with Gasteiger partial charge in [-0.2, -0.15) is 0 Å². The van der Waals surface area contributed by atoms with Crippen molar-refractivity contribution < 1.29 is 4.74 Å². The van der Waals surface area contributed by atoms with Gasteiger partial charge in [0, 0.05) is 24.6 Å². The number of hydrogen-bond acceptors (Lipinski definition) is 2. The molecule has 0 amide bonds. The summed E-state index contributed by atoms with van der Waals surface area (Å²) < 4.78 is 5.70. The molecule has 1 N–H and O–H groups in total. The third-order valence-corrected chi connectivity index (χ3v) is 4.27. The lowest BCUT2D eigenvalue weighted by Crippen LogP contribution is -2.39. The molecule has 1 atom stereocenters. The lowest BCUT2D eigenvalue weighted by molar-refractivity contribution is 0.147. The summed E-state index contributed by atoms with van der Waals surface area (Å²) in [5.74, 6) is 0. The Morgan fingerprint density at radius 1 is 1.26 bits per heavy atom. The van der Waals surface area contributed by atoms with Gasteiger partial charge in [0.25, 0.3) is 0 Å². The Morgan fingerprint density at radius 2 is 1.95 bits per heavy atom. The van der Waals surface area contributed by atoms with Crippen LogP contribution in [0.4, 0.5) is 0 Å². The molecule has 2 heteroatoms. The third kappa shape index (κ3) is 3.58. The molecule has 2 rings (SSSR count). The number of rotatable bonds is 5. The van der Waals surface area contributed by atoms with Gasteiger partial charge in [0.15, 0.2) is 0 Å². The Balaban J connectivity index is 2.16. The van der Waals surface area contributed by atoms with Gasteiger partial charge in [-0.3, -0.25) is 0 Å². The molecule has 0 bridgehead atoms. The summed E-state index contributed by atoms with van der Waals surface area (Å²) in [6, 6.07) is 7.14. The van der Waals surface area contributed by atoms with E-state index >= 15 is 0 Å². The minimum absolute atomic E-state index is 0.279. The lowest BCUT2D eigenvalue weighted by Gasteiger charge is -2.30. The van der Waals surface area contributed by atoms with Crippen LogP contribution in [0.1, 0.15) is 37.0 Å². The Bertz CT molecular complexity index is 399. The van der Waals surface area contributed by atoms with Crippen LogP contribution in [-0.4, -0.2) is 25.8 Å². The predicted molar refractivity (Wildman–Crippen MR) is 80.6 cm³/mol. The van der Waals surface area contributed by atoms with E-state index in [0.29, 0.717) is 6.04 Å². The van der Waals surface area contributed by atoms with Crippen LogP contribution in [0.5, 0.6) is 0 Å². The van der Waals surface area contributed by atoms with Crippen LogP contribution in [-0.2, 0) is 11.2 Å². The highest BCUT2D eigenvalue weighted by Gasteiger charge is 2.35. The van der Waals surface area contributed by atoms with Gasteiger partial charge in [-0.1, -0.05) is 32.0 Å². The smallest absolute Gasteiger partial charge is 0.0538 e. The molecular formula is C17H27NO. The van der Waals surface area contributed by atoms with E-state index < -0.39 is 0 Å². The zero-order valence-electron chi connectivity index (χ0n) is 12.8. The van der Waals surface area contributed by atoms with Crippen LogP contribution in [0.3, 0.4) is 0 Å². The summed E-state index contributed by atoms with van der Waals surface area (Å²) in [6.45, 7) is 11.7. The van der Waals surface area contributed by atoms with Crippen molar-refractivity contribution in [1.82, 2.24) is 5.32 Å². The fraction of sp³-hybridized carbons (Fsp3) is 0.647. The average molecular weight is 261 g/mol. The van der Waals surface area contributed by atoms with Crippen LogP contribution in [0.25, 0.3) is 0 Å². The molecule has 106 valence electrons. The van der Waals surface area contributed by atoms with Gasteiger partial charge in [-0.25, -0.2) is 0 Å². The van der Waals surface area contributed by atoms with Gasteiger partial charge in [-0.05, 0) is 43.4 Å². The number of nitrogens with one attached hydrogen (secondary N) is 1. The second kappa shape index (κ2) is 6.06. The minimum atomic E-state index is 0.279. The van der Waals surface area contributed by atoms with Crippen LogP contribution in [0.2, 0.25) is 0 Å². The van der Waals surface area contributed by atoms with Gasteiger partial charge in [0.05, 0.1) is 6.61 Å². The van der Waals surface area contributed by atoms with E-state index in [4.69, 9.17) is 4.74 Å². The van der Waals surface area contributed by atoms with Gasteiger partial charge in [0.1, 0.15) is 0 Å². The topological polar surface area (TPSA) is 21.3 Å². The molecule has 1 saturated heterocycles. The molecule has 1 aromatic rings. The third-order valence-electron chi connectivity index (χ3n) is 4.27. The summed E-state index contributed by atoms with van der Waals surface area (Å²) in [4.78, 5) is 0. The van der Waals surface area contributed by atoms with E-state index in [1.165, 1.54) is 23.1 Å². The van der Waals surface area contributed by atoms with Crippen LogP contribution in [0.15, 0.2) is 18.2 Å². The maximum Gasteiger partial charge on any atom is 0.0538 e. The van der Waals surface area contributed by atoms with E-state index in [0.717, 1.165) is 26.2 Å². The monoisotopic (exact) mass is 261 g/mol. The molecule has 0 radical (unpaired) electrons. The first-order valence-electron chi connectivity index (χ1n) is 7.39. The molecule has 19 heavy (non-hydrogen) atoms. The van der Waals surface area contributed by atoms with E-state index in [2.05, 4.69) is 51.2 Å². The largest absolute Gasteiger partial charge is 0.381 e. The fourth-order valence-electron chi connectivity index (χ4n) is 2.91. The molecule has 1 aromatic carbocycles. The van der Waals surface area contributed by atoms with E-state index in [-0.39, 0.29) is 5.41 Å². The quantitative estimate of drug-likeness (QED) is 0.878. The van der Waals surface area contributed by atoms with E-state index in [9.17, 15) is 0 Å². The van der Waals surface area contributed by atoms with Crippen molar-refractivity contribution in [3.8, 4) is 0 Å². The van der Waals surface area contributed by atoms with Crippen LogP contribution >= 0.6 is 0 Å². The van der Waals surface area contributed by atoms with E-state index in [1.807, 2.05) is 0 Å². The van der Waals surface area contributed by atoms with Crippen molar-refractivity contribution in [1.29, 1.82) is 0 Å². The summed E-state index contributed by atoms with van der Waals surface area (Å²) in [5.41, 5.74) is 4.62. The van der Waals surface area contributed by atoms with Gasteiger partial charge < -0.3 is 10.1 Å². The molecular weight excluding hydrogens is 234 g/mol. The highest BCUT2D eigenvalue weighted by Crippen LogP contribution is 2.34. The van der Waals surface area contributed by atoms with Crippen molar-refractivity contribution in [2.45, 2.75) is 46.6 Å². The molecule has 2 nitrogen and oxygen atoms in total. The summed E-state index contributed by atoms with van der Waals surface area (Å²) in [6.07, 6.45) is 2.30. The molecule has 1 unspecified atom stereocenters. The van der Waals surface area contributed by atoms with Gasteiger partial charge >= 0.3 is 0 Å². The van der Waals surface area contributed by atoms with Crippen LogP contribution < -0.4 is 5.32 Å². The molecule has 0 aliphatic carbocycles. The van der Waals surface area contributed by atoms with Crippen LogP contribution in [0, 0.1) is 19.3 Å². The van der Waals surface area contributed by atoms with Crippen molar-refractivity contribution in [3.63, 3.8) is 0 Å². The van der Waals surface area contributed by atoms with E-state index in [1.54, 1.807) is 0 Å². The van der Waals surface area contributed by atoms with Crippen molar-refractivity contribution >= 4 is 0 Å². The first kappa shape index (κ1) is 14.5. The molecule has 1 heterocycles. The average Bonchev–Trinajstić information content (AvgIpc) is 2.81. The summed E-state index contributed by atoms with van der Waals surface area (Å²) >= 11 is 0. The number of benzene rings is 1. The molecule has 1 aliphatic rings. The predicted octanol–water partition coefficient (Wildman–Crippen LogP) is 3.25. The number of ether oxygens (including phenoxy) is 1. The standard InChI is InChI=1S/C17H27NO/c1-13(2)18-11-17(8-9-19-12-17)10-16-14(3)6-5-7-15(16)4/h5-7,13,18H,8-12H2,1-4H3. The fourth-order valence-corrected chi connectivity index (χ4v) is 2.91. The highest BCUT2D eigenvalue weighted by molar-refractivity contribution is 5.34. The van der Waals surface area contributed by atoms with Gasteiger partial charge in [-0.15, -0.1) is 0 Å². The second-order valence-corrected chi connectivity index (χ2v) is 6.39. The van der Waals surface area contributed by atoms with Gasteiger partial charge in [0.2, 0.25) is 0 Å². The summed E-state index contributed by atoms with van der Waals surface area (Å²) in [7, 11) is 0. The molecule has 1 fully saturated rings. The number of aryl methyl sites for hydroxylation is 2. The van der Waals surface area contributed by atoms with Crippen molar-refractivity contribution in [2.24, 2.45) is 5.41 Å². The lowest BCUT2D eigenvalue weighted by atomic mass is 9.78. The molecule has 0 aromatic heterocycles. The SMILES string of the molecule is Cc1cccc(C)c1CC1(CNC(C)C)CCOC1. The first-order chi connectivity index (χ1) is 9.02. The highest BCUT2D eigenvalue weighted by atomic mass is 16.5. The second-order valence-electron chi connectivity index (χ2n) is 6.39. The zero-order chi connectivity index (χ0) is 13.9. The Labute approximate surface area is 117 Å². The normalized spacial score (nSPS) is 23.2. The zero-order valence-corrected chi connectivity index (χ0v) is 12.8. The number of hydrogen-bond donors (Lipinski definition) is 1. The van der Waals surface area contributed by atoms with Crippen molar-refractivity contribution in [2.75, 3.05) is 19.8 Å². The summed E-state index contributed by atoms with van der Waals surface area (Å²) in [5, 5.41) is 3.61. The molecule has 0 spiro atoms. The van der Waals surface area contributed by atoms with Crippen molar-refractivity contribution in [3.05, 3.63) is 34.9 Å². The first-order valence-corrected chi connectivity index (χ1v) is 7.39. The Kier molecular flexibility index (Phi) is 4.64. The molecule has 1 aliphatic heterocycles. The Hall–Kier alpha value is -0.860. The maximum absolute atomic E-state index is 5.70. The Morgan fingerprint density at radius 3 is 2.47 bits per heavy atom. The maximum atomic E-state index is 5.70. The molecule has 0 saturated carbocycles. The minimum Gasteiger partial charge on any atom is -0.381 e.